The van der Waals surface area contributed by atoms with Crippen LogP contribution >= 0.6 is 23.2 Å². The van der Waals surface area contributed by atoms with Crippen molar-refractivity contribution in [2.75, 3.05) is 7.05 Å². The molecule has 0 saturated carbocycles. The van der Waals surface area contributed by atoms with Crippen LogP contribution in [0.3, 0.4) is 0 Å². The molecule has 3 N–H and O–H groups in total. The summed E-state index contributed by atoms with van der Waals surface area (Å²) in [6.07, 6.45) is -0.257. The summed E-state index contributed by atoms with van der Waals surface area (Å²) in [6.45, 7) is -0.287. The molecular formula is C21H20Cl2N4O7S. The third kappa shape index (κ3) is 6.93. The Balaban J connectivity index is 1.69. The first-order valence-corrected chi connectivity index (χ1v) is 12.2. The van der Waals surface area contributed by atoms with Crippen LogP contribution < -0.4 is 20.7 Å². The van der Waals surface area contributed by atoms with Gasteiger partial charge in [-0.3, -0.25) is 19.1 Å². The van der Waals surface area contributed by atoms with E-state index in [1.165, 1.54) is 24.3 Å². The number of benzene rings is 2. The Morgan fingerprint density at radius 3 is 2.23 bits per heavy atom. The molecule has 1 aromatic heterocycles. The van der Waals surface area contributed by atoms with Crippen molar-refractivity contribution in [1.29, 1.82) is 0 Å². The average molecular weight is 543 g/mol. The number of hydrogen-bond donors (Lipinski definition) is 3. The van der Waals surface area contributed by atoms with Gasteiger partial charge in [-0.05, 0) is 55.0 Å². The van der Waals surface area contributed by atoms with E-state index in [-0.39, 0.29) is 23.0 Å². The van der Waals surface area contributed by atoms with Gasteiger partial charge in [0, 0.05) is 24.7 Å². The number of aromatic nitrogens is 2. The molecule has 0 unspecified atom stereocenters. The molecule has 1 atom stereocenters. The maximum absolute atomic E-state index is 12.7. The number of sulfonamides is 1. The number of hydroxylamine groups is 2. The predicted octanol–water partition coefficient (Wildman–Crippen LogP) is 2.22. The number of carbonyl (C=O) groups excluding carboxylic acids is 1. The van der Waals surface area contributed by atoms with Crippen molar-refractivity contribution in [3.63, 3.8) is 0 Å². The monoisotopic (exact) mass is 542 g/mol. The molecule has 0 radical (unpaired) electrons. The zero-order valence-electron chi connectivity index (χ0n) is 18.1. The fourth-order valence-electron chi connectivity index (χ4n) is 3.03. The number of rotatable bonds is 9. The number of likely N-dealkylation sites (N-methyl/N-ethyl adjacent to an activating group) is 1. The molecule has 2 aromatic carbocycles. The molecule has 1 amide bonds. The molecule has 186 valence electrons. The Labute approximate surface area is 209 Å². The van der Waals surface area contributed by atoms with Gasteiger partial charge in [0.05, 0.1) is 4.90 Å². The maximum atomic E-state index is 12.7. The molecule has 0 aliphatic heterocycles. The van der Waals surface area contributed by atoms with Crippen LogP contribution in [0.5, 0.6) is 11.5 Å². The normalized spacial score (nSPS) is 12.4. The second kappa shape index (κ2) is 11.1. The number of ether oxygens (including phenoxy) is 1. The van der Waals surface area contributed by atoms with Crippen molar-refractivity contribution in [1.82, 2.24) is 19.3 Å². The van der Waals surface area contributed by atoms with E-state index < -0.39 is 33.2 Å². The second-order valence-corrected chi connectivity index (χ2v) is 9.81. The summed E-state index contributed by atoms with van der Waals surface area (Å²) in [5.74, 6) is -0.218. The molecule has 0 aliphatic carbocycles. The van der Waals surface area contributed by atoms with Gasteiger partial charge in [-0.1, -0.05) is 23.2 Å². The minimum Gasteiger partial charge on any atom is -0.457 e. The number of aromatic amines is 1. The molecule has 0 fully saturated rings. The maximum Gasteiger partial charge on any atom is 0.329 e. The van der Waals surface area contributed by atoms with Gasteiger partial charge in [-0.2, -0.15) is 5.06 Å². The van der Waals surface area contributed by atoms with E-state index in [1.54, 1.807) is 24.3 Å². The fraction of sp³-hybridized carbons (Fsp3) is 0.190. The molecule has 35 heavy (non-hydrogen) atoms. The Bertz CT molecular complexity index is 1390. The highest BCUT2D eigenvalue weighted by Gasteiger charge is 2.27. The fourth-order valence-corrected chi connectivity index (χ4v) is 4.34. The summed E-state index contributed by atoms with van der Waals surface area (Å²) < 4.78 is 33.6. The first kappa shape index (κ1) is 26.4. The predicted molar refractivity (Wildman–Crippen MR) is 128 cm³/mol. The lowest BCUT2D eigenvalue weighted by Gasteiger charge is -2.21. The zero-order chi connectivity index (χ0) is 25.8. The number of amides is 1. The molecule has 0 saturated heterocycles. The van der Waals surface area contributed by atoms with E-state index in [0.29, 0.717) is 21.6 Å². The van der Waals surface area contributed by atoms with Crippen LogP contribution in [-0.4, -0.2) is 47.2 Å². The average Bonchev–Trinajstić information content (AvgIpc) is 2.77. The van der Waals surface area contributed by atoms with Crippen molar-refractivity contribution < 1.29 is 23.2 Å². The summed E-state index contributed by atoms with van der Waals surface area (Å²) in [7, 11) is -3.17. The third-order valence-electron chi connectivity index (χ3n) is 4.79. The lowest BCUT2D eigenvalue weighted by molar-refractivity contribution is -0.146. The molecule has 0 aliphatic rings. The van der Waals surface area contributed by atoms with E-state index in [0.717, 1.165) is 17.7 Å². The number of H-pyrrole nitrogens is 1. The Kier molecular flexibility index (Phi) is 8.35. The van der Waals surface area contributed by atoms with Crippen molar-refractivity contribution in [3.8, 4) is 11.5 Å². The number of halogens is 2. The van der Waals surface area contributed by atoms with E-state index in [4.69, 9.17) is 27.9 Å². The quantitative estimate of drug-likeness (QED) is 0.275. The largest absolute Gasteiger partial charge is 0.457 e. The molecule has 1 heterocycles. The standard InChI is InChI=1S/C21H20Cl2N4O7S/c1-26(31)17(10-11-27-19(28)12-18(23)24-21(27)30)20(29)25-35(32,33)16-8-6-15(7-9-16)34-14-4-2-13(22)3-5-14/h2-9,12,17,31H,10-11H2,1H3,(H,24,30)(H,25,29)/t17-/m0/s1. The van der Waals surface area contributed by atoms with Gasteiger partial charge in [0.1, 0.15) is 22.7 Å². The van der Waals surface area contributed by atoms with Gasteiger partial charge in [0.15, 0.2) is 0 Å². The lowest BCUT2D eigenvalue weighted by Crippen LogP contribution is -2.47. The van der Waals surface area contributed by atoms with Crippen LogP contribution in [0, 0.1) is 0 Å². The number of hydrogen-bond acceptors (Lipinski definition) is 8. The van der Waals surface area contributed by atoms with Crippen LogP contribution in [-0.2, 0) is 21.4 Å². The Morgan fingerprint density at radius 2 is 1.69 bits per heavy atom. The minimum atomic E-state index is -4.30. The summed E-state index contributed by atoms with van der Waals surface area (Å²) >= 11 is 11.4. The van der Waals surface area contributed by atoms with Gasteiger partial charge in [0.25, 0.3) is 21.5 Å². The highest BCUT2D eigenvalue weighted by molar-refractivity contribution is 7.90. The van der Waals surface area contributed by atoms with E-state index in [9.17, 15) is 28.0 Å². The van der Waals surface area contributed by atoms with Crippen molar-refractivity contribution in [3.05, 3.63) is 85.6 Å². The van der Waals surface area contributed by atoms with Gasteiger partial charge < -0.3 is 9.94 Å². The van der Waals surface area contributed by atoms with Crippen molar-refractivity contribution in [2.24, 2.45) is 0 Å². The highest BCUT2D eigenvalue weighted by Crippen LogP contribution is 2.24. The van der Waals surface area contributed by atoms with E-state index >= 15 is 0 Å². The van der Waals surface area contributed by atoms with E-state index in [2.05, 4.69) is 4.98 Å². The third-order valence-corrected chi connectivity index (χ3v) is 6.60. The van der Waals surface area contributed by atoms with Crippen LogP contribution in [0.2, 0.25) is 10.2 Å². The van der Waals surface area contributed by atoms with Crippen LogP contribution in [0.4, 0.5) is 0 Å². The first-order chi connectivity index (χ1) is 16.5. The molecule has 0 bridgehead atoms. The van der Waals surface area contributed by atoms with E-state index in [1.807, 2.05) is 4.72 Å². The van der Waals surface area contributed by atoms with Gasteiger partial charge in [-0.15, -0.1) is 0 Å². The number of nitrogens with zero attached hydrogens (tertiary/aromatic N) is 2. The highest BCUT2D eigenvalue weighted by atomic mass is 35.5. The Hall–Kier alpha value is -3.16. The number of nitrogens with one attached hydrogen (secondary N) is 2. The second-order valence-electron chi connectivity index (χ2n) is 7.29. The Morgan fingerprint density at radius 1 is 1.11 bits per heavy atom. The van der Waals surface area contributed by atoms with Gasteiger partial charge >= 0.3 is 5.69 Å². The minimum absolute atomic E-state index is 0.152. The SMILES string of the molecule is CN(O)[C@@H](CCn1c(=O)cc(Cl)[nH]c1=O)C(=O)NS(=O)(=O)c1ccc(Oc2ccc(Cl)cc2)cc1. The first-order valence-electron chi connectivity index (χ1n) is 9.98. The molecule has 0 spiro atoms. The van der Waals surface area contributed by atoms with Crippen LogP contribution in [0.15, 0.2) is 69.1 Å². The van der Waals surface area contributed by atoms with Gasteiger partial charge in [0.2, 0.25) is 0 Å². The smallest absolute Gasteiger partial charge is 0.329 e. The molecular weight excluding hydrogens is 523 g/mol. The summed E-state index contributed by atoms with van der Waals surface area (Å²) in [5.41, 5.74) is -1.53. The molecule has 3 aromatic rings. The van der Waals surface area contributed by atoms with Gasteiger partial charge in [-0.25, -0.2) is 17.9 Å². The topological polar surface area (TPSA) is 151 Å². The number of carbonyl (C=O) groups is 1. The summed E-state index contributed by atoms with van der Waals surface area (Å²) in [4.78, 5) is 38.5. The summed E-state index contributed by atoms with van der Waals surface area (Å²) in [5, 5.41) is 10.7. The van der Waals surface area contributed by atoms with Crippen molar-refractivity contribution in [2.45, 2.75) is 23.9 Å². The zero-order valence-corrected chi connectivity index (χ0v) is 20.5. The molecule has 3 rings (SSSR count). The molecule has 11 nitrogen and oxygen atoms in total. The lowest BCUT2D eigenvalue weighted by atomic mass is 10.2. The van der Waals surface area contributed by atoms with Crippen molar-refractivity contribution >= 4 is 39.1 Å². The van der Waals surface area contributed by atoms with Crippen LogP contribution in [0.25, 0.3) is 0 Å². The summed E-state index contributed by atoms with van der Waals surface area (Å²) in [6, 6.07) is 11.4. The molecule has 14 heteroatoms. The van der Waals surface area contributed by atoms with Crippen LogP contribution in [0.1, 0.15) is 6.42 Å².